The molecule has 0 amide bonds. The number of hydrogen-bond acceptors (Lipinski definition) is 6. The molecule has 0 fully saturated rings. The van der Waals surface area contributed by atoms with Crippen LogP contribution < -0.4 is 11.2 Å². The van der Waals surface area contributed by atoms with Crippen molar-refractivity contribution < 1.29 is 8.42 Å². The van der Waals surface area contributed by atoms with Crippen molar-refractivity contribution in [2.24, 2.45) is 0 Å². The summed E-state index contributed by atoms with van der Waals surface area (Å²) in [5, 5.41) is 0.136. The monoisotopic (exact) mass is 419 g/mol. The van der Waals surface area contributed by atoms with E-state index >= 15 is 0 Å². The zero-order valence-electron chi connectivity index (χ0n) is 13.4. The van der Waals surface area contributed by atoms with E-state index in [9.17, 15) is 18.0 Å². The normalized spacial score (nSPS) is 11.7. The lowest BCUT2D eigenvalue weighted by atomic mass is 10.2. The molecule has 0 aliphatic carbocycles. The Morgan fingerprint density at radius 2 is 1.81 bits per heavy atom. The highest BCUT2D eigenvalue weighted by Gasteiger charge is 2.21. The van der Waals surface area contributed by atoms with Gasteiger partial charge in [-0.05, 0) is 36.4 Å². The van der Waals surface area contributed by atoms with E-state index in [1.54, 1.807) is 24.3 Å². The molecule has 0 spiro atoms. The standard InChI is InChI=1S/C17H10ClN3O4S2/c18-13-6-8-15(26-13)27(24,25)14-7-5-10(9-19-14)21-16(22)11-3-1-2-4-12(11)20-17(21)23/h1-9H,(H,20,23). The second-order valence-electron chi connectivity index (χ2n) is 5.53. The maximum atomic E-state index is 12.6. The van der Waals surface area contributed by atoms with Crippen molar-refractivity contribution in [3.05, 3.63) is 79.9 Å². The first kappa shape index (κ1) is 17.7. The van der Waals surface area contributed by atoms with Gasteiger partial charge in [-0.3, -0.25) is 4.79 Å². The Morgan fingerprint density at radius 1 is 1.04 bits per heavy atom. The van der Waals surface area contributed by atoms with Gasteiger partial charge in [0.15, 0.2) is 5.03 Å². The third-order valence-electron chi connectivity index (χ3n) is 3.87. The molecule has 0 unspecified atom stereocenters. The Morgan fingerprint density at radius 3 is 2.48 bits per heavy atom. The van der Waals surface area contributed by atoms with Gasteiger partial charge in [0.25, 0.3) is 5.56 Å². The molecule has 3 heterocycles. The molecule has 4 aromatic rings. The van der Waals surface area contributed by atoms with Crippen molar-refractivity contribution in [2.45, 2.75) is 9.24 Å². The summed E-state index contributed by atoms with van der Waals surface area (Å²) in [5.41, 5.74) is -0.571. The largest absolute Gasteiger partial charge is 0.333 e. The fourth-order valence-electron chi connectivity index (χ4n) is 2.61. The second kappa shape index (κ2) is 6.45. The topological polar surface area (TPSA) is 102 Å². The molecule has 1 aromatic carbocycles. The Kier molecular flexibility index (Phi) is 4.22. The van der Waals surface area contributed by atoms with Crippen LogP contribution >= 0.6 is 22.9 Å². The number of halogens is 1. The molecule has 3 aromatic heterocycles. The number of benzene rings is 1. The first-order chi connectivity index (χ1) is 12.9. The van der Waals surface area contributed by atoms with E-state index in [2.05, 4.69) is 9.97 Å². The summed E-state index contributed by atoms with van der Waals surface area (Å²) in [6.07, 6.45) is 1.17. The number of fused-ring (bicyclic) bond motifs is 1. The number of pyridine rings is 1. The average molecular weight is 420 g/mol. The van der Waals surface area contributed by atoms with Crippen LogP contribution in [0.3, 0.4) is 0 Å². The van der Waals surface area contributed by atoms with Crippen LogP contribution in [0.5, 0.6) is 0 Å². The molecule has 7 nitrogen and oxygen atoms in total. The molecule has 10 heteroatoms. The van der Waals surface area contributed by atoms with E-state index in [4.69, 9.17) is 11.6 Å². The number of aromatic nitrogens is 3. The molecular formula is C17H10ClN3O4S2. The van der Waals surface area contributed by atoms with E-state index in [1.165, 1.54) is 30.5 Å². The predicted molar refractivity (Wildman–Crippen MR) is 103 cm³/mol. The lowest BCUT2D eigenvalue weighted by molar-refractivity contribution is 0.594. The molecule has 0 aliphatic rings. The Balaban J connectivity index is 1.83. The molecule has 0 aliphatic heterocycles. The zero-order chi connectivity index (χ0) is 19.2. The number of aromatic amines is 1. The van der Waals surface area contributed by atoms with E-state index in [1.807, 2.05) is 0 Å². The smallest absolute Gasteiger partial charge is 0.306 e. The molecule has 0 radical (unpaired) electrons. The SMILES string of the molecule is O=c1[nH]c2ccccc2c(=O)n1-c1ccc(S(=O)(=O)c2ccc(Cl)s2)nc1. The number of para-hydroxylation sites is 1. The number of thiophene rings is 1. The number of H-pyrrole nitrogens is 1. The van der Waals surface area contributed by atoms with Gasteiger partial charge in [-0.1, -0.05) is 23.7 Å². The molecule has 0 saturated heterocycles. The minimum Gasteiger partial charge on any atom is -0.306 e. The van der Waals surface area contributed by atoms with Crippen LogP contribution in [-0.4, -0.2) is 23.0 Å². The van der Waals surface area contributed by atoms with Crippen molar-refractivity contribution in [3.63, 3.8) is 0 Å². The van der Waals surface area contributed by atoms with Gasteiger partial charge in [-0.25, -0.2) is 22.8 Å². The number of sulfone groups is 1. The van der Waals surface area contributed by atoms with Gasteiger partial charge in [-0.2, -0.15) is 0 Å². The molecule has 0 bridgehead atoms. The highest BCUT2D eigenvalue weighted by Crippen LogP contribution is 2.29. The Hall–Kier alpha value is -2.75. The lowest BCUT2D eigenvalue weighted by Crippen LogP contribution is -2.33. The first-order valence-electron chi connectivity index (χ1n) is 7.59. The quantitative estimate of drug-likeness (QED) is 0.550. The van der Waals surface area contributed by atoms with Crippen LogP contribution in [0, 0.1) is 0 Å². The van der Waals surface area contributed by atoms with E-state index in [-0.39, 0.29) is 14.9 Å². The van der Waals surface area contributed by atoms with Gasteiger partial charge in [0, 0.05) is 0 Å². The molecule has 136 valence electrons. The molecule has 0 saturated carbocycles. The number of nitrogens with zero attached hydrogens (tertiary/aromatic N) is 2. The fraction of sp³-hybridized carbons (Fsp3) is 0. The maximum absolute atomic E-state index is 12.6. The first-order valence-corrected chi connectivity index (χ1v) is 10.3. The lowest BCUT2D eigenvalue weighted by Gasteiger charge is -2.07. The van der Waals surface area contributed by atoms with Gasteiger partial charge in [0.2, 0.25) is 9.84 Å². The van der Waals surface area contributed by atoms with Crippen LogP contribution in [0.2, 0.25) is 4.34 Å². The zero-order valence-corrected chi connectivity index (χ0v) is 15.8. The van der Waals surface area contributed by atoms with E-state index in [0.717, 1.165) is 15.9 Å². The maximum Gasteiger partial charge on any atom is 0.333 e. The summed E-state index contributed by atoms with van der Waals surface area (Å²) >= 11 is 6.72. The third kappa shape index (κ3) is 2.99. The van der Waals surface area contributed by atoms with Crippen molar-refractivity contribution in [1.29, 1.82) is 0 Å². The summed E-state index contributed by atoms with van der Waals surface area (Å²) in [5.74, 6) is 0. The third-order valence-corrected chi connectivity index (χ3v) is 7.26. The van der Waals surface area contributed by atoms with Crippen molar-refractivity contribution in [3.8, 4) is 5.69 Å². The van der Waals surface area contributed by atoms with E-state index in [0.29, 0.717) is 15.2 Å². The highest BCUT2D eigenvalue weighted by atomic mass is 35.5. The summed E-state index contributed by atoms with van der Waals surface area (Å²) < 4.78 is 26.4. The van der Waals surface area contributed by atoms with Crippen LogP contribution in [0.15, 0.2) is 73.6 Å². The van der Waals surface area contributed by atoms with Crippen molar-refractivity contribution in [2.75, 3.05) is 0 Å². The average Bonchev–Trinajstić information content (AvgIpc) is 3.09. The van der Waals surface area contributed by atoms with Gasteiger partial charge >= 0.3 is 5.69 Å². The summed E-state index contributed by atoms with van der Waals surface area (Å²) in [4.78, 5) is 31.5. The summed E-state index contributed by atoms with van der Waals surface area (Å²) in [6, 6.07) is 12.1. The van der Waals surface area contributed by atoms with Crippen LogP contribution in [0.4, 0.5) is 0 Å². The van der Waals surface area contributed by atoms with Crippen LogP contribution in [-0.2, 0) is 9.84 Å². The minimum atomic E-state index is -3.82. The molecule has 1 N–H and O–H groups in total. The minimum absolute atomic E-state index is 0.0634. The molecule has 27 heavy (non-hydrogen) atoms. The Bertz CT molecular complexity index is 1390. The Labute approximate surface area is 161 Å². The van der Waals surface area contributed by atoms with Gasteiger partial charge < -0.3 is 4.98 Å². The molecular weight excluding hydrogens is 410 g/mol. The van der Waals surface area contributed by atoms with E-state index < -0.39 is 21.1 Å². The van der Waals surface area contributed by atoms with Crippen molar-refractivity contribution in [1.82, 2.24) is 14.5 Å². The number of hydrogen-bond donors (Lipinski definition) is 1. The van der Waals surface area contributed by atoms with Crippen molar-refractivity contribution >= 4 is 43.7 Å². The van der Waals surface area contributed by atoms with Gasteiger partial charge in [0.1, 0.15) is 4.21 Å². The predicted octanol–water partition coefficient (Wildman–Crippen LogP) is 2.62. The summed E-state index contributed by atoms with van der Waals surface area (Å²) in [6.45, 7) is 0. The highest BCUT2D eigenvalue weighted by molar-refractivity contribution is 7.93. The van der Waals surface area contributed by atoms with Crippen LogP contribution in [0.25, 0.3) is 16.6 Å². The fourth-order valence-corrected chi connectivity index (χ4v) is 5.38. The molecule has 0 atom stereocenters. The van der Waals surface area contributed by atoms with Gasteiger partial charge in [0.05, 0.1) is 27.1 Å². The molecule has 4 rings (SSSR count). The number of rotatable bonds is 3. The second-order valence-corrected chi connectivity index (χ2v) is 9.37. The van der Waals surface area contributed by atoms with Gasteiger partial charge in [-0.15, -0.1) is 11.3 Å². The summed E-state index contributed by atoms with van der Waals surface area (Å²) in [7, 11) is -3.82. The number of nitrogens with one attached hydrogen (secondary N) is 1. The van der Waals surface area contributed by atoms with Crippen LogP contribution in [0.1, 0.15) is 0 Å².